The van der Waals surface area contributed by atoms with Gasteiger partial charge in [-0.1, -0.05) is 18.2 Å². The maximum absolute atomic E-state index is 12.5. The zero-order valence-corrected chi connectivity index (χ0v) is 15.4. The van der Waals surface area contributed by atoms with Gasteiger partial charge in [-0.05, 0) is 41.8 Å². The summed E-state index contributed by atoms with van der Waals surface area (Å²) >= 11 is 0. The Morgan fingerprint density at radius 1 is 1.00 bits per heavy atom. The molecule has 0 unspecified atom stereocenters. The molecule has 0 aromatic heterocycles. The Balaban J connectivity index is 1.78. The molecule has 0 saturated carbocycles. The highest BCUT2D eigenvalue weighted by Crippen LogP contribution is 2.30. The number of rotatable bonds is 8. The van der Waals surface area contributed by atoms with Crippen molar-refractivity contribution in [2.75, 3.05) is 13.7 Å². The Kier molecular flexibility index (Phi) is 7.63. The minimum Gasteiger partial charge on any atom is -0.493 e. The second-order valence-electron chi connectivity index (χ2n) is 5.92. The van der Waals surface area contributed by atoms with E-state index >= 15 is 0 Å². The van der Waals surface area contributed by atoms with Crippen LogP contribution in [0.2, 0.25) is 0 Å². The number of nitrogens with one attached hydrogen (secondary N) is 2. The smallest absolute Gasteiger partial charge is 0.416 e. The van der Waals surface area contributed by atoms with Crippen LogP contribution in [0.15, 0.2) is 42.5 Å². The van der Waals surface area contributed by atoms with Crippen molar-refractivity contribution in [3.05, 3.63) is 59.2 Å². The SMILES string of the molecule is COc1cc(CNC(=O)NCCc2ccc(C(F)(F)F)cc2)ccc1OC(F)F. The third kappa shape index (κ3) is 7.13. The van der Waals surface area contributed by atoms with Crippen LogP contribution >= 0.6 is 0 Å². The van der Waals surface area contributed by atoms with Gasteiger partial charge in [-0.2, -0.15) is 22.0 Å². The second kappa shape index (κ2) is 9.94. The number of carbonyl (C=O) groups excluding carboxylic acids is 1. The van der Waals surface area contributed by atoms with Gasteiger partial charge < -0.3 is 20.1 Å². The van der Waals surface area contributed by atoms with Crippen molar-refractivity contribution in [1.82, 2.24) is 10.6 Å². The molecule has 0 aliphatic heterocycles. The van der Waals surface area contributed by atoms with Gasteiger partial charge in [-0.15, -0.1) is 0 Å². The van der Waals surface area contributed by atoms with E-state index in [1.54, 1.807) is 0 Å². The van der Waals surface area contributed by atoms with Gasteiger partial charge in [-0.3, -0.25) is 0 Å². The van der Waals surface area contributed by atoms with E-state index in [9.17, 15) is 26.7 Å². The van der Waals surface area contributed by atoms with Crippen molar-refractivity contribution in [3.63, 3.8) is 0 Å². The molecule has 0 fully saturated rings. The Hall–Kier alpha value is -3.04. The highest BCUT2D eigenvalue weighted by atomic mass is 19.4. The van der Waals surface area contributed by atoms with E-state index in [4.69, 9.17) is 4.74 Å². The first kappa shape index (κ1) is 22.3. The summed E-state index contributed by atoms with van der Waals surface area (Å²) in [7, 11) is 1.30. The Morgan fingerprint density at radius 2 is 1.66 bits per heavy atom. The summed E-state index contributed by atoms with van der Waals surface area (Å²) in [6, 6.07) is 8.49. The number of methoxy groups -OCH3 is 1. The molecule has 29 heavy (non-hydrogen) atoms. The maximum atomic E-state index is 12.5. The highest BCUT2D eigenvalue weighted by molar-refractivity contribution is 5.73. The van der Waals surface area contributed by atoms with Crippen LogP contribution in [-0.4, -0.2) is 26.3 Å². The number of ether oxygens (including phenoxy) is 2. The first-order valence-corrected chi connectivity index (χ1v) is 8.48. The molecule has 158 valence electrons. The van der Waals surface area contributed by atoms with Crippen LogP contribution < -0.4 is 20.1 Å². The molecule has 2 aromatic carbocycles. The fraction of sp³-hybridized carbons (Fsp3) is 0.316. The minimum atomic E-state index is -4.39. The Labute approximate surface area is 163 Å². The van der Waals surface area contributed by atoms with E-state index in [1.807, 2.05) is 0 Å². The summed E-state index contributed by atoms with van der Waals surface area (Å²) in [5, 5.41) is 5.17. The number of benzene rings is 2. The number of halogens is 5. The number of carbonyl (C=O) groups is 1. The van der Waals surface area contributed by atoms with E-state index in [-0.39, 0.29) is 24.6 Å². The van der Waals surface area contributed by atoms with Gasteiger partial charge >= 0.3 is 18.8 Å². The maximum Gasteiger partial charge on any atom is 0.416 e. The second-order valence-corrected chi connectivity index (χ2v) is 5.92. The molecule has 0 aliphatic carbocycles. The summed E-state index contributed by atoms with van der Waals surface area (Å²) in [6.45, 7) is -2.65. The lowest BCUT2D eigenvalue weighted by Crippen LogP contribution is -2.36. The molecule has 10 heteroatoms. The lowest BCUT2D eigenvalue weighted by atomic mass is 10.1. The van der Waals surface area contributed by atoms with E-state index in [1.165, 1.54) is 37.4 Å². The Bertz CT molecular complexity index is 810. The largest absolute Gasteiger partial charge is 0.493 e. The van der Waals surface area contributed by atoms with Crippen LogP contribution in [0.3, 0.4) is 0 Å². The van der Waals surface area contributed by atoms with Crippen molar-refractivity contribution in [2.45, 2.75) is 25.8 Å². The highest BCUT2D eigenvalue weighted by Gasteiger charge is 2.29. The minimum absolute atomic E-state index is 0.104. The topological polar surface area (TPSA) is 59.6 Å². The van der Waals surface area contributed by atoms with Gasteiger partial charge in [0.15, 0.2) is 11.5 Å². The van der Waals surface area contributed by atoms with E-state index in [2.05, 4.69) is 15.4 Å². The average Bonchev–Trinajstić information content (AvgIpc) is 2.66. The fourth-order valence-electron chi connectivity index (χ4n) is 2.44. The van der Waals surface area contributed by atoms with Gasteiger partial charge in [0.25, 0.3) is 0 Å². The molecule has 0 atom stereocenters. The van der Waals surface area contributed by atoms with Gasteiger partial charge in [0.2, 0.25) is 0 Å². The molecule has 0 heterocycles. The predicted molar refractivity (Wildman–Crippen MR) is 95.0 cm³/mol. The molecule has 5 nitrogen and oxygen atoms in total. The standard InChI is InChI=1S/C19H19F5N2O3/c1-28-16-10-13(4-7-15(16)29-17(20)21)11-26-18(27)25-9-8-12-2-5-14(6-3-12)19(22,23)24/h2-7,10,17H,8-9,11H2,1H3,(H2,25,26,27). The van der Waals surface area contributed by atoms with Crippen LogP contribution in [0, 0.1) is 0 Å². The number of alkyl halides is 5. The first-order valence-electron chi connectivity index (χ1n) is 8.48. The molecule has 2 N–H and O–H groups in total. The van der Waals surface area contributed by atoms with Crippen LogP contribution in [0.25, 0.3) is 0 Å². The van der Waals surface area contributed by atoms with Crippen LogP contribution in [0.5, 0.6) is 11.5 Å². The van der Waals surface area contributed by atoms with Crippen LogP contribution in [0.4, 0.5) is 26.7 Å². The molecule has 2 rings (SSSR count). The van der Waals surface area contributed by atoms with Crippen molar-refractivity contribution < 1.29 is 36.2 Å². The number of hydrogen-bond donors (Lipinski definition) is 2. The van der Waals surface area contributed by atoms with E-state index in [0.717, 1.165) is 12.1 Å². The molecule has 0 saturated heterocycles. The summed E-state index contributed by atoms with van der Waals surface area (Å²) in [5.41, 5.74) is 0.520. The number of urea groups is 1. The van der Waals surface area contributed by atoms with Gasteiger partial charge in [-0.25, -0.2) is 4.79 Å². The molecule has 0 aliphatic rings. The molecular formula is C19H19F5N2O3. The number of amides is 2. The monoisotopic (exact) mass is 418 g/mol. The zero-order valence-electron chi connectivity index (χ0n) is 15.4. The molecule has 2 amide bonds. The summed E-state index contributed by atoms with van der Waals surface area (Å²) in [4.78, 5) is 11.8. The van der Waals surface area contributed by atoms with Gasteiger partial charge in [0, 0.05) is 13.1 Å². The molecule has 0 spiro atoms. The average molecular weight is 418 g/mol. The zero-order chi connectivity index (χ0) is 21.4. The first-order chi connectivity index (χ1) is 13.7. The van der Waals surface area contributed by atoms with Gasteiger partial charge in [0.1, 0.15) is 0 Å². The Morgan fingerprint density at radius 3 is 2.24 bits per heavy atom. The summed E-state index contributed by atoms with van der Waals surface area (Å²) in [5.74, 6) is -0.0143. The third-order valence-electron chi connectivity index (χ3n) is 3.88. The van der Waals surface area contributed by atoms with Crippen molar-refractivity contribution in [3.8, 4) is 11.5 Å². The summed E-state index contributed by atoms with van der Waals surface area (Å²) < 4.78 is 71.5. The normalized spacial score (nSPS) is 11.3. The van der Waals surface area contributed by atoms with Crippen molar-refractivity contribution >= 4 is 6.03 Å². The lowest BCUT2D eigenvalue weighted by molar-refractivity contribution is -0.137. The number of hydrogen-bond acceptors (Lipinski definition) is 3. The van der Waals surface area contributed by atoms with E-state index in [0.29, 0.717) is 17.5 Å². The molecule has 0 bridgehead atoms. The molecule has 2 aromatic rings. The van der Waals surface area contributed by atoms with Crippen LogP contribution in [-0.2, 0) is 19.1 Å². The quantitative estimate of drug-likeness (QED) is 0.627. The van der Waals surface area contributed by atoms with Crippen molar-refractivity contribution in [2.24, 2.45) is 0 Å². The van der Waals surface area contributed by atoms with Gasteiger partial charge in [0.05, 0.1) is 12.7 Å². The fourth-order valence-corrected chi connectivity index (χ4v) is 2.44. The predicted octanol–water partition coefficient (Wildman–Crippen LogP) is 4.36. The lowest BCUT2D eigenvalue weighted by Gasteiger charge is -2.12. The molecular weight excluding hydrogens is 399 g/mol. The third-order valence-corrected chi connectivity index (χ3v) is 3.88. The molecule has 0 radical (unpaired) electrons. The van der Waals surface area contributed by atoms with Crippen molar-refractivity contribution in [1.29, 1.82) is 0 Å². The van der Waals surface area contributed by atoms with Crippen LogP contribution in [0.1, 0.15) is 16.7 Å². The summed E-state index contributed by atoms with van der Waals surface area (Å²) in [6.07, 6.45) is -4.03. The van der Waals surface area contributed by atoms with E-state index < -0.39 is 24.4 Å².